The number of rotatable bonds is 6. The third-order valence-electron chi connectivity index (χ3n) is 10.8. The summed E-state index contributed by atoms with van der Waals surface area (Å²) in [6.45, 7) is 0. The van der Waals surface area contributed by atoms with Crippen LogP contribution in [0.1, 0.15) is 0 Å². The summed E-state index contributed by atoms with van der Waals surface area (Å²) in [6.07, 6.45) is 0. The van der Waals surface area contributed by atoms with Crippen LogP contribution in [0.4, 0.5) is 17.1 Å². The maximum absolute atomic E-state index is 6.49. The maximum Gasteiger partial charge on any atom is 0.143 e. The maximum atomic E-state index is 6.49. The van der Waals surface area contributed by atoms with E-state index in [-0.39, 0.29) is 0 Å². The molecule has 258 valence electrons. The Balaban J connectivity index is 1.05. The molecule has 0 unspecified atom stereocenters. The van der Waals surface area contributed by atoms with Crippen molar-refractivity contribution in [2.45, 2.75) is 0 Å². The summed E-state index contributed by atoms with van der Waals surface area (Å²) in [6, 6.07) is 71.1. The highest BCUT2D eigenvalue weighted by Crippen LogP contribution is 2.42. The average molecular weight is 704 g/mol. The molecule has 3 heteroatoms. The van der Waals surface area contributed by atoms with Gasteiger partial charge in [0.2, 0.25) is 0 Å². The highest BCUT2D eigenvalue weighted by molar-refractivity contribution is 6.10. The molecule has 0 saturated heterocycles. The summed E-state index contributed by atoms with van der Waals surface area (Å²) < 4.78 is 12.6. The summed E-state index contributed by atoms with van der Waals surface area (Å²) in [7, 11) is 0. The molecule has 0 spiro atoms. The molecule has 11 aromatic rings. The van der Waals surface area contributed by atoms with Gasteiger partial charge in [-0.05, 0) is 105 Å². The molecule has 0 N–H and O–H groups in total. The van der Waals surface area contributed by atoms with E-state index in [1.54, 1.807) is 0 Å². The monoisotopic (exact) mass is 703 g/mol. The van der Waals surface area contributed by atoms with Crippen molar-refractivity contribution in [3.05, 3.63) is 200 Å². The van der Waals surface area contributed by atoms with E-state index in [4.69, 9.17) is 8.83 Å². The first-order chi connectivity index (χ1) is 27.2. The van der Waals surface area contributed by atoms with Gasteiger partial charge in [0.05, 0.1) is 0 Å². The molecule has 11 rings (SSSR count). The number of furan rings is 2. The largest absolute Gasteiger partial charge is 0.456 e. The van der Waals surface area contributed by atoms with E-state index in [0.29, 0.717) is 0 Å². The van der Waals surface area contributed by atoms with Gasteiger partial charge >= 0.3 is 0 Å². The van der Waals surface area contributed by atoms with E-state index in [2.05, 4.69) is 181 Å². The first-order valence-electron chi connectivity index (χ1n) is 18.7. The predicted molar refractivity (Wildman–Crippen MR) is 229 cm³/mol. The van der Waals surface area contributed by atoms with Crippen molar-refractivity contribution in [1.29, 1.82) is 0 Å². The van der Waals surface area contributed by atoms with Crippen LogP contribution < -0.4 is 4.90 Å². The van der Waals surface area contributed by atoms with Gasteiger partial charge in [0.15, 0.2) is 0 Å². The molecule has 0 fully saturated rings. The average Bonchev–Trinajstić information content (AvgIpc) is 3.82. The molecule has 3 nitrogen and oxygen atoms in total. The predicted octanol–water partition coefficient (Wildman–Crippen LogP) is 15.1. The lowest BCUT2D eigenvalue weighted by molar-refractivity contribution is 0.669. The summed E-state index contributed by atoms with van der Waals surface area (Å²) in [5.41, 5.74) is 13.6. The summed E-state index contributed by atoms with van der Waals surface area (Å²) in [4.78, 5) is 2.35. The number of fused-ring (bicyclic) bond motifs is 7. The zero-order chi connectivity index (χ0) is 36.3. The summed E-state index contributed by atoms with van der Waals surface area (Å²) in [5, 5.41) is 6.97. The molecule has 2 heterocycles. The number of hydrogen-bond donors (Lipinski definition) is 0. The zero-order valence-corrected chi connectivity index (χ0v) is 29.8. The Hall–Kier alpha value is -7.36. The molecule has 0 aliphatic rings. The third kappa shape index (κ3) is 5.36. The second-order valence-corrected chi connectivity index (χ2v) is 14.1. The second kappa shape index (κ2) is 12.6. The lowest BCUT2D eigenvalue weighted by atomic mass is 9.99. The Morgan fingerprint density at radius 3 is 1.67 bits per heavy atom. The van der Waals surface area contributed by atoms with Crippen LogP contribution in [0, 0.1) is 0 Å². The molecule has 0 saturated carbocycles. The standard InChI is InChI=1S/C52H33NO2/c1-2-11-36-30-38(23-22-34(36)10-1)35-24-27-41(28-25-35)53(42-14-7-12-37(31-42)39-26-29-51-48(33-39)46-17-4-5-20-49(46)54-51)43-15-8-13-40(32-43)44-18-9-19-47-45-16-3-6-21-50(45)55-52(44)47/h1-33H. The van der Waals surface area contributed by atoms with Crippen LogP contribution in [0.5, 0.6) is 0 Å². The fourth-order valence-corrected chi connectivity index (χ4v) is 8.14. The Kier molecular flexibility index (Phi) is 7.17. The van der Waals surface area contributed by atoms with Crippen LogP contribution in [0.25, 0.3) is 88.0 Å². The molecule has 2 aromatic heterocycles. The van der Waals surface area contributed by atoms with Gasteiger partial charge in [0, 0.05) is 44.2 Å². The molecule has 0 atom stereocenters. The van der Waals surface area contributed by atoms with E-state index in [0.717, 1.165) is 83.2 Å². The van der Waals surface area contributed by atoms with Crippen LogP contribution in [0.15, 0.2) is 209 Å². The van der Waals surface area contributed by atoms with Gasteiger partial charge in [-0.25, -0.2) is 0 Å². The third-order valence-corrected chi connectivity index (χ3v) is 10.8. The van der Waals surface area contributed by atoms with Crippen LogP contribution in [0.3, 0.4) is 0 Å². The molecular weight excluding hydrogens is 671 g/mol. The molecule has 0 aliphatic carbocycles. The second-order valence-electron chi connectivity index (χ2n) is 14.1. The van der Waals surface area contributed by atoms with Crippen molar-refractivity contribution >= 4 is 71.7 Å². The first-order valence-corrected chi connectivity index (χ1v) is 18.7. The van der Waals surface area contributed by atoms with Crippen LogP contribution in [-0.4, -0.2) is 0 Å². The smallest absolute Gasteiger partial charge is 0.143 e. The number of para-hydroxylation sites is 3. The van der Waals surface area contributed by atoms with Gasteiger partial charge in [-0.2, -0.15) is 0 Å². The zero-order valence-electron chi connectivity index (χ0n) is 29.8. The molecule has 9 aromatic carbocycles. The number of nitrogens with zero attached hydrogens (tertiary/aromatic N) is 1. The van der Waals surface area contributed by atoms with Crippen LogP contribution in [0.2, 0.25) is 0 Å². The van der Waals surface area contributed by atoms with E-state index in [1.807, 2.05) is 24.3 Å². The molecule has 55 heavy (non-hydrogen) atoms. The SMILES string of the molecule is c1cc(-c2ccc3oc4ccccc4c3c2)cc(N(c2ccc(-c3ccc4ccccc4c3)cc2)c2cccc(-c3cccc4c3oc3ccccc34)c2)c1. The highest BCUT2D eigenvalue weighted by Gasteiger charge is 2.18. The number of hydrogen-bond acceptors (Lipinski definition) is 3. The van der Waals surface area contributed by atoms with Gasteiger partial charge in [0.25, 0.3) is 0 Å². The summed E-state index contributed by atoms with van der Waals surface area (Å²) >= 11 is 0. The topological polar surface area (TPSA) is 29.5 Å². The van der Waals surface area contributed by atoms with Gasteiger partial charge in [-0.1, -0.05) is 133 Å². The van der Waals surface area contributed by atoms with Crippen molar-refractivity contribution in [2.24, 2.45) is 0 Å². The van der Waals surface area contributed by atoms with Crippen molar-refractivity contribution in [1.82, 2.24) is 0 Å². The van der Waals surface area contributed by atoms with Gasteiger partial charge < -0.3 is 13.7 Å². The molecule has 0 aliphatic heterocycles. The lowest BCUT2D eigenvalue weighted by Crippen LogP contribution is -2.10. The first kappa shape index (κ1) is 31.2. The lowest BCUT2D eigenvalue weighted by Gasteiger charge is -2.27. The van der Waals surface area contributed by atoms with Gasteiger partial charge in [-0.15, -0.1) is 0 Å². The molecule has 0 bridgehead atoms. The number of benzene rings is 9. The van der Waals surface area contributed by atoms with Crippen molar-refractivity contribution in [3.63, 3.8) is 0 Å². The van der Waals surface area contributed by atoms with Gasteiger partial charge in [-0.3, -0.25) is 0 Å². The van der Waals surface area contributed by atoms with E-state index >= 15 is 0 Å². The highest BCUT2D eigenvalue weighted by atomic mass is 16.3. The van der Waals surface area contributed by atoms with E-state index in [1.165, 1.54) is 21.9 Å². The number of anilines is 3. The Bertz CT molecular complexity index is 3220. The van der Waals surface area contributed by atoms with E-state index < -0.39 is 0 Å². The minimum absolute atomic E-state index is 0.894. The molecule has 0 amide bonds. The quantitative estimate of drug-likeness (QED) is 0.173. The Labute approximate surface area is 317 Å². The fourth-order valence-electron chi connectivity index (χ4n) is 8.14. The summed E-state index contributed by atoms with van der Waals surface area (Å²) in [5.74, 6) is 0. The fraction of sp³-hybridized carbons (Fsp3) is 0. The van der Waals surface area contributed by atoms with Crippen molar-refractivity contribution in [3.8, 4) is 33.4 Å². The Morgan fingerprint density at radius 1 is 0.291 bits per heavy atom. The van der Waals surface area contributed by atoms with Crippen LogP contribution in [-0.2, 0) is 0 Å². The van der Waals surface area contributed by atoms with E-state index in [9.17, 15) is 0 Å². The van der Waals surface area contributed by atoms with Gasteiger partial charge in [0.1, 0.15) is 22.3 Å². The van der Waals surface area contributed by atoms with Crippen LogP contribution >= 0.6 is 0 Å². The Morgan fingerprint density at radius 2 is 0.855 bits per heavy atom. The molecule has 0 radical (unpaired) electrons. The normalized spacial score (nSPS) is 11.6. The minimum Gasteiger partial charge on any atom is -0.456 e. The minimum atomic E-state index is 0.894. The van der Waals surface area contributed by atoms with Crippen molar-refractivity contribution < 1.29 is 8.83 Å². The molecular formula is C52H33NO2. The van der Waals surface area contributed by atoms with Crippen molar-refractivity contribution in [2.75, 3.05) is 4.90 Å².